The minimum Gasteiger partial charge on any atom is -0.431 e. The Balaban J connectivity index is 1.59. The third-order valence-corrected chi connectivity index (χ3v) is 5.87. The normalized spacial score (nSPS) is 15.5. The van der Waals surface area contributed by atoms with Gasteiger partial charge in [0.2, 0.25) is 5.96 Å². The largest absolute Gasteiger partial charge is 0.431 e. The van der Waals surface area contributed by atoms with Crippen LogP contribution in [0.3, 0.4) is 0 Å². The molecule has 3 heterocycles. The van der Waals surface area contributed by atoms with Crippen LogP contribution in [0.25, 0.3) is 10.2 Å². The van der Waals surface area contributed by atoms with E-state index in [0.717, 1.165) is 37.7 Å². The van der Waals surface area contributed by atoms with Gasteiger partial charge in [-0.25, -0.2) is 14.8 Å². The maximum absolute atomic E-state index is 12.5. The summed E-state index contributed by atoms with van der Waals surface area (Å²) >= 11 is 1.56. The van der Waals surface area contributed by atoms with Crippen LogP contribution in [0.4, 0.5) is 10.8 Å². The second kappa shape index (κ2) is 6.86. The number of rotatable bonds is 2. The molecule has 0 saturated carbocycles. The van der Waals surface area contributed by atoms with Crippen molar-refractivity contribution in [3.8, 4) is 0 Å². The highest BCUT2D eigenvalue weighted by molar-refractivity contribution is 7.22. The molecule has 5 rings (SSSR count). The summed E-state index contributed by atoms with van der Waals surface area (Å²) in [6, 6.07) is 15.5. The monoisotopic (exact) mass is 402 g/mol. The van der Waals surface area contributed by atoms with Crippen molar-refractivity contribution in [3.05, 3.63) is 87.5 Å². The van der Waals surface area contributed by atoms with E-state index >= 15 is 0 Å². The standard InChI is InChI=1S/C22H18N4O2S/c1-12-7-9-14(10-8-12)19-17-18(13(2)11-28-20(17)27)24-21(25-19)26-22-23-15-5-3-4-6-16(15)29-22/h3-11,19H,1-2H3,(H2,23,24,25,26)/t19-/m0/s1. The van der Waals surface area contributed by atoms with Gasteiger partial charge in [-0.2, -0.15) is 0 Å². The number of para-hydroxylation sites is 1. The fraction of sp³-hybridized carbons (Fsp3) is 0.136. The Hall–Kier alpha value is -3.45. The molecule has 0 spiro atoms. The Labute approximate surface area is 171 Å². The van der Waals surface area contributed by atoms with E-state index in [2.05, 4.69) is 15.6 Å². The molecule has 4 aromatic rings. The van der Waals surface area contributed by atoms with E-state index in [0.29, 0.717) is 11.5 Å². The second-order valence-electron chi connectivity index (χ2n) is 7.02. The summed E-state index contributed by atoms with van der Waals surface area (Å²) in [5.74, 6) is 0.552. The topological polar surface area (TPSA) is 79.5 Å². The van der Waals surface area contributed by atoms with Crippen LogP contribution >= 0.6 is 11.3 Å². The number of guanidine groups is 1. The predicted octanol–water partition coefficient (Wildman–Crippen LogP) is 4.85. The van der Waals surface area contributed by atoms with Crippen molar-refractivity contribution < 1.29 is 4.42 Å². The average molecular weight is 402 g/mol. The van der Waals surface area contributed by atoms with Gasteiger partial charge in [0.15, 0.2) is 5.13 Å². The highest BCUT2D eigenvalue weighted by Gasteiger charge is 2.28. The Morgan fingerprint density at radius 1 is 1.10 bits per heavy atom. The summed E-state index contributed by atoms with van der Waals surface area (Å²) in [6.07, 6.45) is 1.47. The maximum atomic E-state index is 12.5. The molecule has 7 heteroatoms. The van der Waals surface area contributed by atoms with Crippen LogP contribution in [0.15, 0.2) is 69.0 Å². The summed E-state index contributed by atoms with van der Waals surface area (Å²) in [5.41, 5.74) is 4.72. The molecule has 1 aliphatic heterocycles. The fourth-order valence-electron chi connectivity index (χ4n) is 3.42. The Bertz CT molecular complexity index is 1270. The fourth-order valence-corrected chi connectivity index (χ4v) is 4.28. The number of benzene rings is 2. The van der Waals surface area contributed by atoms with Crippen molar-refractivity contribution in [3.63, 3.8) is 0 Å². The van der Waals surface area contributed by atoms with Gasteiger partial charge in [-0.15, -0.1) is 0 Å². The van der Waals surface area contributed by atoms with Crippen LogP contribution in [0, 0.1) is 13.8 Å². The van der Waals surface area contributed by atoms with E-state index in [4.69, 9.17) is 9.41 Å². The van der Waals surface area contributed by atoms with Crippen LogP contribution < -0.4 is 16.3 Å². The summed E-state index contributed by atoms with van der Waals surface area (Å²) in [7, 11) is 0. The first-order valence-electron chi connectivity index (χ1n) is 9.25. The van der Waals surface area contributed by atoms with Crippen molar-refractivity contribution in [1.82, 2.24) is 4.98 Å². The number of anilines is 2. The molecule has 2 aromatic carbocycles. The number of thiazole rings is 1. The van der Waals surface area contributed by atoms with Gasteiger partial charge in [0, 0.05) is 5.56 Å². The third-order valence-electron chi connectivity index (χ3n) is 4.91. The molecule has 144 valence electrons. The first-order valence-corrected chi connectivity index (χ1v) is 10.1. The van der Waals surface area contributed by atoms with Crippen LogP contribution in [-0.2, 0) is 0 Å². The summed E-state index contributed by atoms with van der Waals surface area (Å²) in [4.78, 5) is 22.0. The number of hydrogen-bond acceptors (Lipinski definition) is 7. The van der Waals surface area contributed by atoms with E-state index in [1.807, 2.05) is 62.4 Å². The number of nitrogens with one attached hydrogen (secondary N) is 2. The Morgan fingerprint density at radius 2 is 1.90 bits per heavy atom. The molecular weight excluding hydrogens is 384 g/mol. The Morgan fingerprint density at radius 3 is 2.69 bits per heavy atom. The molecule has 1 aliphatic rings. The molecule has 29 heavy (non-hydrogen) atoms. The smallest absolute Gasteiger partial charge is 0.343 e. The van der Waals surface area contributed by atoms with E-state index in [9.17, 15) is 4.79 Å². The molecule has 6 nitrogen and oxygen atoms in total. The van der Waals surface area contributed by atoms with Gasteiger partial charge in [0.1, 0.15) is 6.04 Å². The van der Waals surface area contributed by atoms with Gasteiger partial charge in [-0.1, -0.05) is 53.3 Å². The quantitative estimate of drug-likeness (QED) is 0.501. The van der Waals surface area contributed by atoms with Crippen molar-refractivity contribution >= 4 is 38.3 Å². The zero-order valence-corrected chi connectivity index (χ0v) is 16.7. The predicted molar refractivity (Wildman–Crippen MR) is 117 cm³/mol. The molecule has 2 aromatic heterocycles. The minimum absolute atomic E-state index is 0.383. The van der Waals surface area contributed by atoms with Gasteiger partial charge in [0.25, 0.3) is 0 Å². The van der Waals surface area contributed by atoms with Gasteiger partial charge in [-0.05, 0) is 31.5 Å². The Kier molecular flexibility index (Phi) is 4.17. The lowest BCUT2D eigenvalue weighted by Crippen LogP contribution is -2.31. The van der Waals surface area contributed by atoms with E-state index < -0.39 is 6.04 Å². The van der Waals surface area contributed by atoms with Gasteiger partial charge < -0.3 is 15.1 Å². The van der Waals surface area contributed by atoms with Crippen LogP contribution in [0.5, 0.6) is 0 Å². The van der Waals surface area contributed by atoms with Crippen LogP contribution in [-0.4, -0.2) is 10.9 Å². The minimum atomic E-state index is -0.458. The summed E-state index contributed by atoms with van der Waals surface area (Å²) in [6.45, 7) is 3.93. The van der Waals surface area contributed by atoms with Crippen molar-refractivity contribution in [2.24, 2.45) is 4.99 Å². The maximum Gasteiger partial charge on any atom is 0.343 e. The number of aliphatic imine (C=N–C) groups is 1. The molecule has 0 radical (unpaired) electrons. The molecule has 1 atom stereocenters. The first-order chi connectivity index (χ1) is 14.1. The molecule has 0 unspecified atom stereocenters. The van der Waals surface area contributed by atoms with Crippen LogP contribution in [0.1, 0.15) is 28.3 Å². The highest BCUT2D eigenvalue weighted by Crippen LogP contribution is 2.35. The number of fused-ring (bicyclic) bond motifs is 2. The lowest BCUT2D eigenvalue weighted by molar-refractivity contribution is 0.494. The summed E-state index contributed by atoms with van der Waals surface area (Å²) < 4.78 is 6.33. The molecule has 0 amide bonds. The number of hydrogen-bond donors (Lipinski definition) is 2. The molecule has 0 bridgehead atoms. The van der Waals surface area contributed by atoms with Crippen molar-refractivity contribution in [2.45, 2.75) is 19.9 Å². The number of nitrogens with zero attached hydrogens (tertiary/aromatic N) is 2. The lowest BCUT2D eigenvalue weighted by atomic mass is 9.96. The molecule has 0 fully saturated rings. The number of aromatic nitrogens is 1. The molecular formula is C22H18N4O2S. The summed E-state index contributed by atoms with van der Waals surface area (Å²) in [5, 5.41) is 7.28. The zero-order valence-electron chi connectivity index (χ0n) is 15.9. The molecule has 0 saturated heterocycles. The van der Waals surface area contributed by atoms with Gasteiger partial charge >= 0.3 is 5.63 Å². The highest BCUT2D eigenvalue weighted by atomic mass is 32.1. The zero-order chi connectivity index (χ0) is 20.0. The van der Waals surface area contributed by atoms with Gasteiger partial charge in [0.05, 0.1) is 27.7 Å². The van der Waals surface area contributed by atoms with E-state index in [1.54, 1.807) is 11.3 Å². The SMILES string of the molecule is Cc1ccc([C@@H]2N=C(Nc3nc4ccccc4s3)Nc3c(C)coc(=O)c32)cc1. The van der Waals surface area contributed by atoms with Crippen LogP contribution in [0.2, 0.25) is 0 Å². The third kappa shape index (κ3) is 3.19. The molecule has 2 N–H and O–H groups in total. The average Bonchev–Trinajstić information content (AvgIpc) is 3.13. The number of aryl methyl sites for hydroxylation is 2. The first kappa shape index (κ1) is 17.6. The van der Waals surface area contributed by atoms with E-state index in [1.165, 1.54) is 6.26 Å². The second-order valence-corrected chi connectivity index (χ2v) is 8.05. The van der Waals surface area contributed by atoms with E-state index in [-0.39, 0.29) is 5.63 Å². The van der Waals surface area contributed by atoms with Crippen molar-refractivity contribution in [2.75, 3.05) is 10.6 Å². The van der Waals surface area contributed by atoms with Crippen molar-refractivity contribution in [1.29, 1.82) is 0 Å². The molecule has 0 aliphatic carbocycles. The van der Waals surface area contributed by atoms with Gasteiger partial charge in [-0.3, -0.25) is 0 Å². The lowest BCUT2D eigenvalue weighted by Gasteiger charge is -2.25.